The van der Waals surface area contributed by atoms with Gasteiger partial charge in [0, 0.05) is 22.0 Å². The van der Waals surface area contributed by atoms with Crippen LogP contribution in [0, 0.1) is 0 Å². The summed E-state index contributed by atoms with van der Waals surface area (Å²) in [6.07, 6.45) is 0.137. The van der Waals surface area contributed by atoms with Crippen molar-refractivity contribution < 1.29 is 14.3 Å². The summed E-state index contributed by atoms with van der Waals surface area (Å²) < 4.78 is 4.93. The molecule has 92 valence electrons. The molecule has 0 unspecified atom stereocenters. The number of halogens is 2. The molecule has 0 amide bonds. The number of hydrogen-bond donors (Lipinski definition) is 0. The lowest BCUT2D eigenvalue weighted by Crippen LogP contribution is -2.10. The van der Waals surface area contributed by atoms with E-state index in [1.807, 2.05) is 0 Å². The molecule has 17 heavy (non-hydrogen) atoms. The highest BCUT2D eigenvalue weighted by Crippen LogP contribution is 2.21. The van der Waals surface area contributed by atoms with Crippen LogP contribution in [0.15, 0.2) is 18.2 Å². The summed E-state index contributed by atoms with van der Waals surface area (Å²) in [4.78, 5) is 22.3. The Balaban J connectivity index is 2.50. The Morgan fingerprint density at radius 2 is 2.00 bits per heavy atom. The zero-order chi connectivity index (χ0) is 12.8. The van der Waals surface area contributed by atoms with Crippen molar-refractivity contribution in [3.63, 3.8) is 0 Å². The van der Waals surface area contributed by atoms with Crippen LogP contribution < -0.4 is 0 Å². The third-order valence-corrected chi connectivity index (χ3v) is 2.73. The fourth-order valence-electron chi connectivity index (χ4n) is 1.13. The zero-order valence-corrected chi connectivity index (χ0v) is 10.8. The molecule has 0 aliphatic rings. The van der Waals surface area contributed by atoms with Crippen LogP contribution in [0.25, 0.3) is 0 Å². The van der Waals surface area contributed by atoms with Crippen molar-refractivity contribution >= 4 is 35.0 Å². The van der Waals surface area contributed by atoms with Crippen LogP contribution in [-0.4, -0.2) is 11.8 Å². The summed E-state index contributed by atoms with van der Waals surface area (Å²) in [7, 11) is 0. The first-order chi connectivity index (χ1) is 8.02. The van der Waals surface area contributed by atoms with E-state index in [4.69, 9.17) is 27.9 Å². The van der Waals surface area contributed by atoms with Crippen LogP contribution in [0.4, 0.5) is 0 Å². The van der Waals surface area contributed by atoms with E-state index in [1.165, 1.54) is 0 Å². The van der Waals surface area contributed by atoms with E-state index in [9.17, 15) is 9.59 Å². The predicted octanol–water partition coefficient (Wildman–Crippen LogP) is 3.41. The second-order valence-corrected chi connectivity index (χ2v) is 4.31. The quantitative estimate of drug-likeness (QED) is 0.611. The van der Waals surface area contributed by atoms with E-state index in [2.05, 4.69) is 0 Å². The first-order valence-electron chi connectivity index (χ1n) is 5.14. The Kier molecular flexibility index (Phi) is 5.45. The molecule has 5 heteroatoms. The summed E-state index contributed by atoms with van der Waals surface area (Å²) in [6.45, 7) is 1.75. The number of esters is 1. The highest BCUT2D eigenvalue weighted by atomic mass is 35.5. The summed E-state index contributed by atoms with van der Waals surface area (Å²) in [5.41, 5.74) is 0.661. The highest BCUT2D eigenvalue weighted by Gasteiger charge is 2.10. The molecule has 0 saturated heterocycles. The second kappa shape index (κ2) is 6.62. The van der Waals surface area contributed by atoms with Gasteiger partial charge in [-0.3, -0.25) is 9.59 Å². The Bertz CT molecular complexity index is 430. The van der Waals surface area contributed by atoms with Gasteiger partial charge in [-0.1, -0.05) is 36.2 Å². The second-order valence-electron chi connectivity index (χ2n) is 3.47. The summed E-state index contributed by atoms with van der Waals surface area (Å²) in [5.74, 6) is -0.680. The minimum Gasteiger partial charge on any atom is -0.460 e. The maximum atomic E-state index is 11.3. The normalized spacial score (nSPS) is 10.1. The van der Waals surface area contributed by atoms with Crippen LogP contribution in [0.5, 0.6) is 0 Å². The van der Waals surface area contributed by atoms with E-state index >= 15 is 0 Å². The third kappa shape index (κ3) is 4.75. The van der Waals surface area contributed by atoms with Gasteiger partial charge in [-0.15, -0.1) is 0 Å². The first-order valence-corrected chi connectivity index (χ1v) is 5.89. The predicted molar refractivity (Wildman–Crippen MR) is 66.2 cm³/mol. The molecule has 1 aromatic carbocycles. The number of hydrogen-bond acceptors (Lipinski definition) is 3. The molecule has 0 saturated carbocycles. The number of carbonyl (C=O) groups excluding carboxylic acids is 2. The van der Waals surface area contributed by atoms with E-state index < -0.39 is 5.97 Å². The molecule has 0 atom stereocenters. The van der Waals surface area contributed by atoms with Crippen LogP contribution in [0.2, 0.25) is 10.0 Å². The third-order valence-electron chi connectivity index (χ3n) is 2.14. The highest BCUT2D eigenvalue weighted by molar-refractivity contribution is 6.35. The lowest BCUT2D eigenvalue weighted by atomic mass is 10.2. The van der Waals surface area contributed by atoms with Crippen molar-refractivity contribution in [1.29, 1.82) is 0 Å². The molecule has 3 nitrogen and oxygen atoms in total. The van der Waals surface area contributed by atoms with E-state index in [0.29, 0.717) is 22.0 Å². The van der Waals surface area contributed by atoms with Gasteiger partial charge >= 0.3 is 5.97 Å². The number of carbonyl (C=O) groups is 2. The van der Waals surface area contributed by atoms with Gasteiger partial charge in [-0.25, -0.2) is 0 Å². The Hall–Kier alpha value is -1.06. The maximum absolute atomic E-state index is 11.3. The smallest absolute Gasteiger partial charge is 0.313 e. The number of rotatable bonds is 5. The van der Waals surface area contributed by atoms with E-state index in [-0.39, 0.29) is 18.8 Å². The number of ether oxygens (including phenoxy) is 1. The summed E-state index contributed by atoms with van der Waals surface area (Å²) in [6, 6.07) is 4.91. The molecule has 0 aliphatic carbocycles. The van der Waals surface area contributed by atoms with Crippen molar-refractivity contribution in [2.75, 3.05) is 0 Å². The zero-order valence-electron chi connectivity index (χ0n) is 9.33. The van der Waals surface area contributed by atoms with E-state index in [1.54, 1.807) is 25.1 Å². The molecule has 0 radical (unpaired) electrons. The molecule has 0 aliphatic heterocycles. The Labute approximate surface area is 110 Å². The average molecular weight is 275 g/mol. The van der Waals surface area contributed by atoms with Gasteiger partial charge in [0.1, 0.15) is 18.8 Å². The van der Waals surface area contributed by atoms with Crippen molar-refractivity contribution in [1.82, 2.24) is 0 Å². The van der Waals surface area contributed by atoms with Gasteiger partial charge in [0.15, 0.2) is 0 Å². The molecule has 0 fully saturated rings. The number of ketones is 1. The van der Waals surface area contributed by atoms with Gasteiger partial charge in [-0.2, -0.15) is 0 Å². The maximum Gasteiger partial charge on any atom is 0.313 e. The van der Waals surface area contributed by atoms with Gasteiger partial charge < -0.3 is 4.74 Å². The SMILES string of the molecule is CCC(=O)CC(=O)OCc1ccc(Cl)cc1Cl. The van der Waals surface area contributed by atoms with Crippen LogP contribution in [-0.2, 0) is 20.9 Å². The van der Waals surface area contributed by atoms with Gasteiger partial charge in [0.2, 0.25) is 0 Å². The van der Waals surface area contributed by atoms with Crippen LogP contribution in [0.3, 0.4) is 0 Å². The average Bonchev–Trinajstić information content (AvgIpc) is 2.27. The Morgan fingerprint density at radius 1 is 1.29 bits per heavy atom. The lowest BCUT2D eigenvalue weighted by molar-refractivity contribution is -0.147. The largest absolute Gasteiger partial charge is 0.460 e. The molecule has 0 spiro atoms. The molecule has 1 aromatic rings. The molecule has 1 rings (SSSR count). The van der Waals surface area contributed by atoms with Crippen molar-refractivity contribution in [2.45, 2.75) is 26.4 Å². The lowest BCUT2D eigenvalue weighted by Gasteiger charge is -2.06. The van der Waals surface area contributed by atoms with Gasteiger partial charge in [0.25, 0.3) is 0 Å². The molecule has 0 heterocycles. The molecule has 0 aromatic heterocycles. The summed E-state index contributed by atoms with van der Waals surface area (Å²) >= 11 is 11.6. The van der Waals surface area contributed by atoms with Gasteiger partial charge in [-0.05, 0) is 12.1 Å². The Morgan fingerprint density at radius 3 is 2.59 bits per heavy atom. The molecular weight excluding hydrogens is 263 g/mol. The minimum absolute atomic E-state index is 0.0475. The van der Waals surface area contributed by atoms with Crippen LogP contribution >= 0.6 is 23.2 Å². The standard InChI is InChI=1S/C12H12Cl2O3/c1-2-10(15)6-12(16)17-7-8-3-4-9(13)5-11(8)14/h3-5H,2,6-7H2,1H3. The van der Waals surface area contributed by atoms with Crippen molar-refractivity contribution in [3.8, 4) is 0 Å². The fraction of sp³-hybridized carbons (Fsp3) is 0.333. The van der Waals surface area contributed by atoms with Crippen molar-refractivity contribution in [3.05, 3.63) is 33.8 Å². The minimum atomic E-state index is -0.539. The van der Waals surface area contributed by atoms with Gasteiger partial charge in [0.05, 0.1) is 0 Å². The molecule has 0 N–H and O–H groups in total. The van der Waals surface area contributed by atoms with Crippen LogP contribution in [0.1, 0.15) is 25.3 Å². The summed E-state index contributed by atoms with van der Waals surface area (Å²) in [5, 5.41) is 0.957. The monoisotopic (exact) mass is 274 g/mol. The number of benzene rings is 1. The fourth-order valence-corrected chi connectivity index (χ4v) is 1.60. The molecule has 0 bridgehead atoms. The topological polar surface area (TPSA) is 43.4 Å². The first kappa shape index (κ1) is 14.0. The number of Topliss-reactive ketones (excluding diaryl/α,β-unsaturated/α-hetero) is 1. The van der Waals surface area contributed by atoms with E-state index in [0.717, 1.165) is 0 Å². The molecular formula is C12H12Cl2O3. The van der Waals surface area contributed by atoms with Crippen molar-refractivity contribution in [2.24, 2.45) is 0 Å².